The van der Waals surface area contributed by atoms with Crippen LogP contribution in [0, 0.1) is 6.92 Å². The van der Waals surface area contributed by atoms with Crippen molar-refractivity contribution in [1.82, 2.24) is 15.4 Å². The highest BCUT2D eigenvalue weighted by Crippen LogP contribution is 2.28. The highest BCUT2D eigenvalue weighted by molar-refractivity contribution is 6.00. The number of piperazine rings is 1. The standard InChI is InChI=1S/C25H30N4O3/c1-19-23(24(27-32-19)20-9-4-3-5-10-20)25(30)26-13-8-14-28-15-17-29(18-16-28)21-11-6-7-12-22(21)31-2/h3-7,9-12H,8,13-18H2,1-2H3,(H,26,30). The van der Waals surface area contributed by atoms with Crippen molar-refractivity contribution in [1.29, 1.82) is 0 Å². The third-order valence-corrected chi connectivity index (χ3v) is 5.87. The molecular formula is C25H30N4O3. The summed E-state index contributed by atoms with van der Waals surface area (Å²) in [7, 11) is 1.72. The molecule has 1 fully saturated rings. The van der Waals surface area contributed by atoms with Crippen molar-refractivity contribution in [2.24, 2.45) is 0 Å². The van der Waals surface area contributed by atoms with Gasteiger partial charge in [-0.3, -0.25) is 9.69 Å². The molecule has 3 aromatic rings. The zero-order chi connectivity index (χ0) is 22.3. The summed E-state index contributed by atoms with van der Waals surface area (Å²) in [4.78, 5) is 17.6. The predicted molar refractivity (Wildman–Crippen MR) is 125 cm³/mol. The molecule has 0 bridgehead atoms. The molecule has 4 rings (SSSR count). The van der Waals surface area contributed by atoms with E-state index in [-0.39, 0.29) is 5.91 Å². The van der Waals surface area contributed by atoms with Crippen LogP contribution in [0.3, 0.4) is 0 Å². The molecule has 2 aromatic carbocycles. The van der Waals surface area contributed by atoms with E-state index in [1.165, 1.54) is 0 Å². The van der Waals surface area contributed by atoms with Crippen molar-refractivity contribution >= 4 is 11.6 Å². The maximum Gasteiger partial charge on any atom is 0.257 e. The molecular weight excluding hydrogens is 404 g/mol. The lowest BCUT2D eigenvalue weighted by molar-refractivity contribution is 0.0950. The van der Waals surface area contributed by atoms with E-state index >= 15 is 0 Å². The first-order chi connectivity index (χ1) is 15.7. The van der Waals surface area contributed by atoms with E-state index in [0.29, 0.717) is 23.6 Å². The lowest BCUT2D eigenvalue weighted by atomic mass is 10.1. The van der Waals surface area contributed by atoms with Crippen LogP contribution in [0.25, 0.3) is 11.3 Å². The van der Waals surface area contributed by atoms with E-state index in [1.54, 1.807) is 14.0 Å². The molecule has 0 aliphatic carbocycles. The van der Waals surface area contributed by atoms with Gasteiger partial charge in [0.05, 0.1) is 12.8 Å². The van der Waals surface area contributed by atoms with Gasteiger partial charge in [0.2, 0.25) is 0 Å². The fourth-order valence-corrected chi connectivity index (χ4v) is 4.13. The number of ether oxygens (including phenoxy) is 1. The van der Waals surface area contributed by atoms with E-state index in [9.17, 15) is 4.79 Å². The summed E-state index contributed by atoms with van der Waals surface area (Å²) in [5, 5.41) is 7.13. The summed E-state index contributed by atoms with van der Waals surface area (Å²) in [5.41, 5.74) is 3.14. The molecule has 0 saturated carbocycles. The molecule has 7 heteroatoms. The number of nitrogens with zero attached hydrogens (tertiary/aromatic N) is 3. The number of carbonyl (C=O) groups excluding carboxylic acids is 1. The number of hydrogen-bond acceptors (Lipinski definition) is 6. The van der Waals surface area contributed by atoms with Gasteiger partial charge in [-0.1, -0.05) is 47.6 Å². The second-order valence-corrected chi connectivity index (χ2v) is 7.94. The van der Waals surface area contributed by atoms with Crippen molar-refractivity contribution in [3.63, 3.8) is 0 Å². The summed E-state index contributed by atoms with van der Waals surface area (Å²) >= 11 is 0. The van der Waals surface area contributed by atoms with Crippen molar-refractivity contribution in [3.05, 3.63) is 65.9 Å². The lowest BCUT2D eigenvalue weighted by Crippen LogP contribution is -2.47. The Morgan fingerprint density at radius 1 is 1.06 bits per heavy atom. The van der Waals surface area contributed by atoms with E-state index in [0.717, 1.165) is 56.1 Å². The first-order valence-corrected chi connectivity index (χ1v) is 11.1. The number of rotatable bonds is 8. The molecule has 1 amide bonds. The minimum atomic E-state index is -0.136. The topological polar surface area (TPSA) is 70.8 Å². The average molecular weight is 435 g/mol. The van der Waals surface area contributed by atoms with Crippen LogP contribution in [0.1, 0.15) is 22.5 Å². The summed E-state index contributed by atoms with van der Waals surface area (Å²) in [5.74, 6) is 1.32. The molecule has 1 saturated heterocycles. The quantitative estimate of drug-likeness (QED) is 0.546. The van der Waals surface area contributed by atoms with E-state index < -0.39 is 0 Å². The Hall–Kier alpha value is -3.32. The summed E-state index contributed by atoms with van der Waals surface area (Å²) in [6.45, 7) is 7.26. The molecule has 1 aromatic heterocycles. The average Bonchev–Trinajstić information content (AvgIpc) is 3.24. The maximum absolute atomic E-state index is 12.8. The van der Waals surface area contributed by atoms with Gasteiger partial charge in [0.1, 0.15) is 22.8 Å². The molecule has 32 heavy (non-hydrogen) atoms. The number of para-hydroxylation sites is 2. The van der Waals surface area contributed by atoms with Crippen LogP contribution in [0.2, 0.25) is 0 Å². The Labute approximate surface area is 188 Å². The van der Waals surface area contributed by atoms with Crippen LogP contribution in [-0.2, 0) is 0 Å². The van der Waals surface area contributed by atoms with Crippen LogP contribution in [0.4, 0.5) is 5.69 Å². The number of carbonyl (C=O) groups is 1. The van der Waals surface area contributed by atoms with Crippen LogP contribution >= 0.6 is 0 Å². The normalized spacial score (nSPS) is 14.4. The lowest BCUT2D eigenvalue weighted by Gasteiger charge is -2.36. The van der Waals surface area contributed by atoms with Gasteiger partial charge in [0.15, 0.2) is 0 Å². The predicted octanol–water partition coefficient (Wildman–Crippen LogP) is 3.60. The summed E-state index contributed by atoms with van der Waals surface area (Å²) < 4.78 is 10.8. The smallest absolute Gasteiger partial charge is 0.257 e. The number of amides is 1. The highest BCUT2D eigenvalue weighted by atomic mass is 16.5. The van der Waals surface area contributed by atoms with Crippen molar-refractivity contribution in [2.45, 2.75) is 13.3 Å². The van der Waals surface area contributed by atoms with Gasteiger partial charge in [-0.25, -0.2) is 0 Å². The Morgan fingerprint density at radius 3 is 2.53 bits per heavy atom. The highest BCUT2D eigenvalue weighted by Gasteiger charge is 2.22. The first kappa shape index (κ1) is 21.9. The molecule has 0 unspecified atom stereocenters. The van der Waals surface area contributed by atoms with Gasteiger partial charge in [-0.05, 0) is 32.0 Å². The third-order valence-electron chi connectivity index (χ3n) is 5.87. The van der Waals surface area contributed by atoms with Gasteiger partial charge in [-0.2, -0.15) is 0 Å². The number of nitrogens with one attached hydrogen (secondary N) is 1. The summed E-state index contributed by atoms with van der Waals surface area (Å²) in [6, 6.07) is 17.8. The number of hydrogen-bond donors (Lipinski definition) is 1. The van der Waals surface area contributed by atoms with Crippen LogP contribution < -0.4 is 15.0 Å². The van der Waals surface area contributed by atoms with Gasteiger partial charge < -0.3 is 19.5 Å². The Bertz CT molecular complexity index is 1030. The number of methoxy groups -OCH3 is 1. The summed E-state index contributed by atoms with van der Waals surface area (Å²) in [6.07, 6.45) is 0.894. The minimum Gasteiger partial charge on any atom is -0.495 e. The van der Waals surface area contributed by atoms with E-state index in [4.69, 9.17) is 9.26 Å². The monoisotopic (exact) mass is 434 g/mol. The Morgan fingerprint density at radius 2 is 1.78 bits per heavy atom. The second kappa shape index (κ2) is 10.3. The van der Waals surface area contributed by atoms with E-state index in [2.05, 4.69) is 26.3 Å². The van der Waals surface area contributed by atoms with Crippen LogP contribution in [0.15, 0.2) is 59.1 Å². The fourth-order valence-electron chi connectivity index (χ4n) is 4.13. The van der Waals surface area contributed by atoms with E-state index in [1.807, 2.05) is 48.5 Å². The van der Waals surface area contributed by atoms with Crippen molar-refractivity contribution < 1.29 is 14.1 Å². The molecule has 1 aliphatic rings. The number of benzene rings is 2. The molecule has 168 valence electrons. The fraction of sp³-hybridized carbons (Fsp3) is 0.360. The molecule has 0 atom stereocenters. The zero-order valence-electron chi connectivity index (χ0n) is 18.7. The van der Waals surface area contributed by atoms with Gasteiger partial charge >= 0.3 is 0 Å². The number of aryl methyl sites for hydroxylation is 1. The zero-order valence-corrected chi connectivity index (χ0v) is 18.7. The van der Waals surface area contributed by atoms with Crippen LogP contribution in [0.5, 0.6) is 5.75 Å². The maximum atomic E-state index is 12.8. The molecule has 2 heterocycles. The molecule has 0 radical (unpaired) electrons. The van der Waals surface area contributed by atoms with Crippen molar-refractivity contribution in [2.75, 3.05) is 51.3 Å². The minimum absolute atomic E-state index is 0.136. The Kier molecular flexibility index (Phi) is 7.07. The number of anilines is 1. The molecule has 1 aliphatic heterocycles. The first-order valence-electron chi connectivity index (χ1n) is 11.1. The largest absolute Gasteiger partial charge is 0.495 e. The molecule has 7 nitrogen and oxygen atoms in total. The van der Waals surface area contributed by atoms with Gasteiger partial charge in [-0.15, -0.1) is 0 Å². The van der Waals surface area contributed by atoms with Gasteiger partial charge in [0, 0.05) is 38.3 Å². The molecule has 0 spiro atoms. The number of aromatic nitrogens is 1. The molecule has 1 N–H and O–H groups in total. The SMILES string of the molecule is COc1ccccc1N1CCN(CCCNC(=O)c2c(-c3ccccc3)noc2C)CC1. The van der Waals surface area contributed by atoms with Gasteiger partial charge in [0.25, 0.3) is 5.91 Å². The second-order valence-electron chi connectivity index (χ2n) is 7.94. The third kappa shape index (κ3) is 4.94. The van der Waals surface area contributed by atoms with Crippen molar-refractivity contribution in [3.8, 4) is 17.0 Å². The Balaban J connectivity index is 1.24. The van der Waals surface area contributed by atoms with Crippen LogP contribution in [-0.4, -0.2) is 62.3 Å².